The monoisotopic (exact) mass is 302 g/mol. The van der Waals surface area contributed by atoms with Crippen LogP contribution in [-0.4, -0.2) is 22.9 Å². The molecule has 3 rings (SSSR count). The van der Waals surface area contributed by atoms with E-state index in [4.69, 9.17) is 0 Å². The Hall–Kier alpha value is -2.88. The molecule has 0 bridgehead atoms. The summed E-state index contributed by atoms with van der Waals surface area (Å²) in [5.74, 6) is 0. The number of fused-ring (bicyclic) bond motifs is 1. The molecule has 0 aliphatic heterocycles. The predicted octanol–water partition coefficient (Wildman–Crippen LogP) is 4.61. The van der Waals surface area contributed by atoms with Crippen molar-refractivity contribution in [2.75, 3.05) is 0 Å². The molecule has 114 valence electrons. The van der Waals surface area contributed by atoms with Crippen molar-refractivity contribution in [2.45, 2.75) is 19.8 Å². The fraction of sp³-hybridized carbons (Fsp3) is 0.158. The lowest BCUT2D eigenvalue weighted by Gasteiger charge is -2.02. The van der Waals surface area contributed by atoms with Crippen molar-refractivity contribution >= 4 is 35.3 Å². The van der Waals surface area contributed by atoms with E-state index < -0.39 is 0 Å². The van der Waals surface area contributed by atoms with Gasteiger partial charge in [0, 0.05) is 18.1 Å². The van der Waals surface area contributed by atoms with E-state index in [1.165, 1.54) is 0 Å². The molecule has 4 heteroatoms. The maximum atomic E-state index is 4.61. The van der Waals surface area contributed by atoms with Gasteiger partial charge in [0.1, 0.15) is 0 Å². The highest BCUT2D eigenvalue weighted by molar-refractivity contribution is 5.74. The highest BCUT2D eigenvalue weighted by Crippen LogP contribution is 2.28. The van der Waals surface area contributed by atoms with Crippen LogP contribution in [-0.2, 0) is 6.42 Å². The molecule has 0 saturated heterocycles. The molecule has 0 atom stereocenters. The smallest absolute Gasteiger partial charge is 0.0889 e. The summed E-state index contributed by atoms with van der Waals surface area (Å²) in [6.07, 6.45) is 5.36. The van der Waals surface area contributed by atoms with Crippen molar-refractivity contribution in [2.24, 2.45) is 9.98 Å². The molecule has 2 aromatic heterocycles. The van der Waals surface area contributed by atoms with E-state index >= 15 is 0 Å². The van der Waals surface area contributed by atoms with Crippen molar-refractivity contribution in [1.29, 1.82) is 0 Å². The minimum Gasteiger partial charge on any atom is -0.262 e. The molecule has 0 aliphatic rings. The van der Waals surface area contributed by atoms with Gasteiger partial charge in [-0.15, -0.1) is 0 Å². The lowest BCUT2D eigenvalue weighted by Crippen LogP contribution is -1.92. The van der Waals surface area contributed by atoms with E-state index in [1.807, 2.05) is 55.6 Å². The van der Waals surface area contributed by atoms with Crippen LogP contribution in [0.4, 0.5) is 11.4 Å². The van der Waals surface area contributed by atoms with Crippen LogP contribution in [0, 0.1) is 6.92 Å². The Bertz CT molecular complexity index is 868. The lowest BCUT2D eigenvalue weighted by molar-refractivity contribution is 0.994. The van der Waals surface area contributed by atoms with Crippen molar-refractivity contribution in [3.8, 4) is 0 Å². The van der Waals surface area contributed by atoms with Gasteiger partial charge in [-0.1, -0.05) is 6.07 Å². The van der Waals surface area contributed by atoms with Gasteiger partial charge in [-0.3, -0.25) is 20.0 Å². The molecule has 0 aliphatic carbocycles. The third-order valence-corrected chi connectivity index (χ3v) is 3.58. The second-order valence-electron chi connectivity index (χ2n) is 5.34. The molecular formula is C19H18N4. The number of hydrogen-bond donors (Lipinski definition) is 0. The zero-order valence-electron chi connectivity index (χ0n) is 13.1. The molecule has 4 nitrogen and oxygen atoms in total. The minimum atomic E-state index is 0.816. The van der Waals surface area contributed by atoms with Crippen molar-refractivity contribution in [3.63, 3.8) is 0 Å². The molecule has 0 unspecified atom stereocenters. The number of pyridine rings is 2. The van der Waals surface area contributed by atoms with Crippen molar-refractivity contribution in [1.82, 2.24) is 9.97 Å². The molecule has 3 aromatic rings. The average molecular weight is 302 g/mol. The number of aliphatic imine (C=N–C) groups is 2. The van der Waals surface area contributed by atoms with Gasteiger partial charge in [-0.2, -0.15) is 0 Å². The first-order chi connectivity index (χ1) is 11.3. The topological polar surface area (TPSA) is 50.5 Å². The number of rotatable bonds is 5. The van der Waals surface area contributed by atoms with Crippen LogP contribution in [0.25, 0.3) is 11.0 Å². The first-order valence-corrected chi connectivity index (χ1v) is 7.57. The second-order valence-corrected chi connectivity index (χ2v) is 5.34. The van der Waals surface area contributed by atoms with E-state index in [1.54, 1.807) is 6.20 Å². The van der Waals surface area contributed by atoms with Gasteiger partial charge in [0.15, 0.2) is 0 Å². The van der Waals surface area contributed by atoms with Gasteiger partial charge in [0.25, 0.3) is 0 Å². The fourth-order valence-corrected chi connectivity index (χ4v) is 2.38. The molecule has 2 heterocycles. The van der Waals surface area contributed by atoms with E-state index in [9.17, 15) is 0 Å². The normalized spacial score (nSPS) is 11.2. The van der Waals surface area contributed by atoms with Crippen molar-refractivity contribution in [3.05, 3.63) is 59.9 Å². The summed E-state index contributed by atoms with van der Waals surface area (Å²) in [7, 11) is 0. The lowest BCUT2D eigenvalue weighted by atomic mass is 10.2. The van der Waals surface area contributed by atoms with Gasteiger partial charge < -0.3 is 0 Å². The molecule has 0 N–H and O–H groups in total. The summed E-state index contributed by atoms with van der Waals surface area (Å²) >= 11 is 0. The van der Waals surface area contributed by atoms with Crippen molar-refractivity contribution < 1.29 is 0 Å². The Morgan fingerprint density at radius 2 is 2.00 bits per heavy atom. The third kappa shape index (κ3) is 3.66. The summed E-state index contributed by atoms with van der Waals surface area (Å²) < 4.78 is 0. The second kappa shape index (κ2) is 6.92. The van der Waals surface area contributed by atoms with Gasteiger partial charge in [-0.05, 0) is 68.4 Å². The van der Waals surface area contributed by atoms with Crippen LogP contribution in [0.1, 0.15) is 17.7 Å². The summed E-state index contributed by atoms with van der Waals surface area (Å²) in [6, 6.07) is 13.9. The molecule has 0 spiro atoms. The highest BCUT2D eigenvalue weighted by Gasteiger charge is 2.00. The number of benzene rings is 1. The van der Waals surface area contributed by atoms with E-state index in [0.29, 0.717) is 0 Å². The van der Waals surface area contributed by atoms with Gasteiger partial charge in [0.2, 0.25) is 0 Å². The average Bonchev–Trinajstić information content (AvgIpc) is 2.59. The summed E-state index contributed by atoms with van der Waals surface area (Å²) in [4.78, 5) is 17.4. The zero-order chi connectivity index (χ0) is 16.1. The molecule has 0 amide bonds. The summed E-state index contributed by atoms with van der Waals surface area (Å²) in [5.41, 5.74) is 5.71. The van der Waals surface area contributed by atoms with E-state index in [2.05, 4.69) is 26.7 Å². The number of aromatic nitrogens is 2. The maximum absolute atomic E-state index is 4.61. The SMILES string of the molecule is C=Nc1cc(C)ccc1N=CCCc1ccc2ncccc2n1. The Balaban J connectivity index is 1.67. The van der Waals surface area contributed by atoms with Crippen LogP contribution in [0.15, 0.2) is 58.6 Å². The quantitative estimate of drug-likeness (QED) is 0.646. The fourth-order valence-electron chi connectivity index (χ4n) is 2.38. The Morgan fingerprint density at radius 3 is 2.87 bits per heavy atom. The minimum absolute atomic E-state index is 0.816. The van der Waals surface area contributed by atoms with Crippen LogP contribution in [0.3, 0.4) is 0 Å². The first-order valence-electron chi connectivity index (χ1n) is 7.57. The van der Waals surface area contributed by atoms with Gasteiger partial charge >= 0.3 is 0 Å². The molecule has 0 fully saturated rings. The standard InChI is InChI=1S/C19H18N4/c1-14-7-9-17(19(13-14)20-2)22-11-3-5-15-8-10-16-18(23-15)6-4-12-21-16/h4,6-13H,2-3,5H2,1H3. The van der Waals surface area contributed by atoms with E-state index in [0.717, 1.165) is 46.5 Å². The predicted molar refractivity (Wildman–Crippen MR) is 96.4 cm³/mol. The van der Waals surface area contributed by atoms with Gasteiger partial charge in [-0.25, -0.2) is 0 Å². The largest absolute Gasteiger partial charge is 0.262 e. The molecule has 0 radical (unpaired) electrons. The van der Waals surface area contributed by atoms with E-state index in [-0.39, 0.29) is 0 Å². The van der Waals surface area contributed by atoms with Crippen LogP contribution < -0.4 is 0 Å². The van der Waals surface area contributed by atoms with Crippen LogP contribution in [0.2, 0.25) is 0 Å². The Morgan fingerprint density at radius 1 is 1.09 bits per heavy atom. The third-order valence-electron chi connectivity index (χ3n) is 3.58. The number of hydrogen-bond acceptors (Lipinski definition) is 4. The Labute approximate surface area is 135 Å². The first kappa shape index (κ1) is 15.0. The highest BCUT2D eigenvalue weighted by atomic mass is 14.8. The summed E-state index contributed by atoms with van der Waals surface area (Å²) in [5, 5.41) is 0. The molecular weight excluding hydrogens is 284 g/mol. The molecule has 1 aromatic carbocycles. The molecule has 0 saturated carbocycles. The number of aryl methyl sites for hydroxylation is 2. The van der Waals surface area contributed by atoms with Crippen LogP contribution >= 0.6 is 0 Å². The Kier molecular flexibility index (Phi) is 4.52. The van der Waals surface area contributed by atoms with Crippen LogP contribution in [0.5, 0.6) is 0 Å². The molecule has 23 heavy (non-hydrogen) atoms. The van der Waals surface area contributed by atoms with Gasteiger partial charge in [0.05, 0.1) is 22.4 Å². The number of nitrogens with zero attached hydrogens (tertiary/aromatic N) is 4. The summed E-state index contributed by atoms with van der Waals surface area (Å²) in [6.45, 7) is 5.63. The maximum Gasteiger partial charge on any atom is 0.0889 e. The zero-order valence-corrected chi connectivity index (χ0v) is 13.1.